The minimum absolute atomic E-state index is 0.540. The van der Waals surface area contributed by atoms with Crippen LogP contribution in [0.15, 0.2) is 0 Å². The molecule has 1 aliphatic heterocycles. The Morgan fingerprint density at radius 3 is 2.44 bits per heavy atom. The molecule has 2 aliphatic carbocycles. The van der Waals surface area contributed by atoms with E-state index < -0.39 is 0 Å². The molecule has 0 aromatic rings. The number of rotatable bonds is 3. The van der Waals surface area contributed by atoms with Crippen LogP contribution in [0.25, 0.3) is 0 Å². The first-order valence-corrected chi connectivity index (χ1v) is 7.27. The lowest BCUT2D eigenvalue weighted by Crippen LogP contribution is -2.47. The Labute approximate surface area is 99.8 Å². The lowest BCUT2D eigenvalue weighted by molar-refractivity contribution is 0.0886. The highest BCUT2D eigenvalue weighted by atomic mass is 15.2. The Morgan fingerprint density at radius 1 is 1.00 bits per heavy atom. The van der Waals surface area contributed by atoms with Gasteiger partial charge in [-0.05, 0) is 39.0 Å². The van der Waals surface area contributed by atoms with Gasteiger partial charge in [-0.2, -0.15) is 0 Å². The van der Waals surface area contributed by atoms with Crippen molar-refractivity contribution in [3.8, 4) is 0 Å². The van der Waals surface area contributed by atoms with Gasteiger partial charge in [-0.25, -0.2) is 0 Å². The minimum Gasteiger partial charge on any atom is -0.310 e. The molecule has 2 nitrogen and oxygen atoms in total. The summed E-state index contributed by atoms with van der Waals surface area (Å²) in [6.07, 6.45) is 11.5. The third kappa shape index (κ3) is 2.28. The van der Waals surface area contributed by atoms with Gasteiger partial charge < -0.3 is 5.32 Å². The maximum Gasteiger partial charge on any atom is 0.0209 e. The normalized spacial score (nSPS) is 35.4. The Morgan fingerprint density at radius 2 is 1.75 bits per heavy atom. The van der Waals surface area contributed by atoms with E-state index in [4.69, 9.17) is 0 Å². The second kappa shape index (κ2) is 4.30. The summed E-state index contributed by atoms with van der Waals surface area (Å²) in [7, 11) is 0. The van der Waals surface area contributed by atoms with Gasteiger partial charge >= 0.3 is 0 Å². The first-order valence-electron chi connectivity index (χ1n) is 7.27. The average Bonchev–Trinajstić information content (AvgIpc) is 2.95. The molecule has 1 atom stereocenters. The molecule has 2 heteroatoms. The number of nitrogens with zero attached hydrogens (tertiary/aromatic N) is 1. The van der Waals surface area contributed by atoms with E-state index in [2.05, 4.69) is 17.1 Å². The molecular formula is C14H26N2. The molecule has 3 rings (SSSR count). The highest BCUT2D eigenvalue weighted by Gasteiger charge is 2.38. The van der Waals surface area contributed by atoms with Crippen molar-refractivity contribution in [2.75, 3.05) is 13.1 Å². The zero-order valence-corrected chi connectivity index (χ0v) is 10.7. The molecule has 92 valence electrons. The molecule has 2 saturated carbocycles. The number of hydrogen-bond acceptors (Lipinski definition) is 2. The quantitative estimate of drug-likeness (QED) is 0.789. The van der Waals surface area contributed by atoms with E-state index in [0.717, 1.165) is 12.1 Å². The Kier molecular flexibility index (Phi) is 2.97. The van der Waals surface area contributed by atoms with Gasteiger partial charge in [0.05, 0.1) is 0 Å². The maximum atomic E-state index is 3.80. The van der Waals surface area contributed by atoms with Gasteiger partial charge in [0.25, 0.3) is 0 Å². The first kappa shape index (κ1) is 11.0. The van der Waals surface area contributed by atoms with Crippen LogP contribution in [0.5, 0.6) is 0 Å². The van der Waals surface area contributed by atoms with Crippen LogP contribution >= 0.6 is 0 Å². The summed E-state index contributed by atoms with van der Waals surface area (Å²) in [6.45, 7) is 5.15. The van der Waals surface area contributed by atoms with Gasteiger partial charge in [0.15, 0.2) is 0 Å². The van der Waals surface area contributed by atoms with Crippen molar-refractivity contribution < 1.29 is 0 Å². The fourth-order valence-corrected chi connectivity index (χ4v) is 3.60. The molecule has 3 fully saturated rings. The summed E-state index contributed by atoms with van der Waals surface area (Å²) in [4.78, 5) is 2.78. The molecular weight excluding hydrogens is 196 g/mol. The summed E-state index contributed by atoms with van der Waals surface area (Å²) < 4.78 is 0. The van der Waals surface area contributed by atoms with Gasteiger partial charge in [0.2, 0.25) is 0 Å². The number of likely N-dealkylation sites (tertiary alicyclic amines) is 1. The van der Waals surface area contributed by atoms with Crippen LogP contribution in [0.3, 0.4) is 0 Å². The monoisotopic (exact) mass is 222 g/mol. The molecule has 1 unspecified atom stereocenters. The van der Waals surface area contributed by atoms with Crippen molar-refractivity contribution in [1.29, 1.82) is 0 Å². The number of hydrogen-bond donors (Lipinski definition) is 1. The lowest BCUT2D eigenvalue weighted by Gasteiger charge is -2.42. The first-order chi connectivity index (χ1) is 7.76. The van der Waals surface area contributed by atoms with Crippen LogP contribution in [0.2, 0.25) is 0 Å². The summed E-state index contributed by atoms with van der Waals surface area (Å²) in [5, 5.41) is 3.80. The van der Waals surface area contributed by atoms with Gasteiger partial charge in [-0.1, -0.05) is 19.3 Å². The zero-order chi connectivity index (χ0) is 11.0. The molecule has 0 amide bonds. The number of nitrogens with one attached hydrogen (secondary N) is 1. The molecule has 1 heterocycles. The predicted molar refractivity (Wildman–Crippen MR) is 67.6 cm³/mol. The van der Waals surface area contributed by atoms with E-state index in [9.17, 15) is 0 Å². The zero-order valence-electron chi connectivity index (χ0n) is 10.7. The second-order valence-electron chi connectivity index (χ2n) is 6.43. The molecule has 0 aromatic carbocycles. The molecule has 0 radical (unpaired) electrons. The molecule has 0 bridgehead atoms. The fraction of sp³-hybridized carbons (Fsp3) is 1.00. The van der Waals surface area contributed by atoms with Crippen LogP contribution in [-0.4, -0.2) is 35.6 Å². The van der Waals surface area contributed by atoms with Gasteiger partial charge in [-0.15, -0.1) is 0 Å². The molecule has 3 aliphatic rings. The van der Waals surface area contributed by atoms with E-state index in [-0.39, 0.29) is 0 Å². The minimum atomic E-state index is 0.540. The highest BCUT2D eigenvalue weighted by Crippen LogP contribution is 2.35. The summed E-state index contributed by atoms with van der Waals surface area (Å²) in [5.74, 6) is 0. The van der Waals surface area contributed by atoms with Crippen LogP contribution in [-0.2, 0) is 0 Å². The molecule has 1 N–H and O–H groups in total. The standard InChI is InChI=1S/C14H26N2/c1-14(8-3-2-4-9-14)16-10-7-13(11-16)15-12-5-6-12/h12-13,15H,2-11H2,1H3. The van der Waals surface area contributed by atoms with Crippen molar-refractivity contribution in [1.82, 2.24) is 10.2 Å². The van der Waals surface area contributed by atoms with E-state index in [1.54, 1.807) is 0 Å². The molecule has 1 saturated heterocycles. The Hall–Kier alpha value is -0.0800. The highest BCUT2D eigenvalue weighted by molar-refractivity contribution is 4.96. The van der Waals surface area contributed by atoms with E-state index >= 15 is 0 Å². The van der Waals surface area contributed by atoms with E-state index in [1.165, 1.54) is 64.5 Å². The van der Waals surface area contributed by atoms with Crippen LogP contribution in [0.4, 0.5) is 0 Å². The molecule has 0 aromatic heterocycles. The van der Waals surface area contributed by atoms with Crippen molar-refractivity contribution in [2.45, 2.75) is 75.9 Å². The van der Waals surface area contributed by atoms with Crippen LogP contribution < -0.4 is 5.32 Å². The summed E-state index contributed by atoms with van der Waals surface area (Å²) in [6, 6.07) is 1.68. The maximum absolute atomic E-state index is 3.80. The largest absolute Gasteiger partial charge is 0.310 e. The van der Waals surface area contributed by atoms with E-state index in [1.807, 2.05) is 0 Å². The SMILES string of the molecule is CC1(N2CCC(NC3CC3)C2)CCCCC1. The van der Waals surface area contributed by atoms with Crippen molar-refractivity contribution in [3.05, 3.63) is 0 Å². The van der Waals surface area contributed by atoms with Crippen molar-refractivity contribution in [3.63, 3.8) is 0 Å². The predicted octanol–water partition coefficient (Wildman–Crippen LogP) is 2.54. The third-order valence-electron chi connectivity index (χ3n) is 4.93. The van der Waals surface area contributed by atoms with Crippen molar-refractivity contribution in [2.24, 2.45) is 0 Å². The van der Waals surface area contributed by atoms with Gasteiger partial charge in [-0.3, -0.25) is 4.90 Å². The van der Waals surface area contributed by atoms with Crippen LogP contribution in [0.1, 0.15) is 58.3 Å². The summed E-state index contributed by atoms with van der Waals surface area (Å²) in [5.41, 5.74) is 0.540. The average molecular weight is 222 g/mol. The van der Waals surface area contributed by atoms with Crippen LogP contribution in [0, 0.1) is 0 Å². The fourth-order valence-electron chi connectivity index (χ4n) is 3.60. The summed E-state index contributed by atoms with van der Waals surface area (Å²) >= 11 is 0. The van der Waals surface area contributed by atoms with Gasteiger partial charge in [0, 0.05) is 30.7 Å². The topological polar surface area (TPSA) is 15.3 Å². The second-order valence-corrected chi connectivity index (χ2v) is 6.43. The third-order valence-corrected chi connectivity index (χ3v) is 4.93. The van der Waals surface area contributed by atoms with E-state index in [0.29, 0.717) is 5.54 Å². The lowest BCUT2D eigenvalue weighted by atomic mass is 9.82. The molecule has 16 heavy (non-hydrogen) atoms. The molecule has 0 spiro atoms. The smallest absolute Gasteiger partial charge is 0.0209 e. The van der Waals surface area contributed by atoms with Crippen molar-refractivity contribution >= 4 is 0 Å². The van der Waals surface area contributed by atoms with Gasteiger partial charge in [0.1, 0.15) is 0 Å². The Balaban J connectivity index is 1.54. The Bertz CT molecular complexity index is 241.